The van der Waals surface area contributed by atoms with Crippen LogP contribution >= 0.6 is 23.2 Å². The molecule has 8 heteroatoms. The third kappa shape index (κ3) is 4.87. The average molecular weight is 494 g/mol. The second-order valence-electron chi connectivity index (χ2n) is 7.99. The van der Waals surface area contributed by atoms with Crippen molar-refractivity contribution in [3.63, 3.8) is 0 Å². The molecule has 2 aliphatic rings. The molecule has 4 rings (SSSR count). The molecule has 4 nitrogen and oxygen atoms in total. The molecule has 1 amide bonds. The summed E-state index contributed by atoms with van der Waals surface area (Å²) in [5.41, 5.74) is 0.368. The molecule has 0 aromatic heterocycles. The van der Waals surface area contributed by atoms with Gasteiger partial charge in [-0.1, -0.05) is 35.4 Å². The van der Waals surface area contributed by atoms with Gasteiger partial charge in [-0.2, -0.15) is 0 Å². The monoisotopic (exact) mass is 493 g/mol. The Balaban J connectivity index is 1.70. The van der Waals surface area contributed by atoms with Gasteiger partial charge in [0.2, 0.25) is 0 Å². The number of piperidine rings is 1. The number of amides is 1. The molecule has 0 saturated carbocycles. The number of halogens is 4. The quantitative estimate of drug-likeness (QED) is 0.413. The Morgan fingerprint density at radius 1 is 1.12 bits per heavy atom. The van der Waals surface area contributed by atoms with Crippen LogP contribution in [0.1, 0.15) is 48.5 Å². The SMILES string of the molecule is C/C=C(F)\C=C/CC1(c2ccc(Cl)cc2Cl)Oc2cc(F)c(C(=O)N3CCCCC3)cc2O1. The van der Waals surface area contributed by atoms with E-state index in [4.69, 9.17) is 32.7 Å². The zero-order valence-corrected chi connectivity index (χ0v) is 19.6. The summed E-state index contributed by atoms with van der Waals surface area (Å²) in [7, 11) is 0. The van der Waals surface area contributed by atoms with Crippen LogP contribution in [0.4, 0.5) is 8.78 Å². The molecule has 0 radical (unpaired) electrons. The van der Waals surface area contributed by atoms with Crippen LogP contribution in [0.25, 0.3) is 0 Å². The van der Waals surface area contributed by atoms with E-state index in [1.165, 1.54) is 24.3 Å². The number of fused-ring (bicyclic) bond motifs is 1. The van der Waals surface area contributed by atoms with Crippen molar-refractivity contribution >= 4 is 29.1 Å². The molecule has 2 aliphatic heterocycles. The maximum atomic E-state index is 14.9. The summed E-state index contributed by atoms with van der Waals surface area (Å²) in [6, 6.07) is 7.32. The van der Waals surface area contributed by atoms with E-state index in [1.807, 2.05) is 0 Å². The molecular weight excluding hydrogens is 471 g/mol. The fourth-order valence-electron chi connectivity index (χ4n) is 4.03. The van der Waals surface area contributed by atoms with Gasteiger partial charge in [-0.15, -0.1) is 0 Å². The van der Waals surface area contributed by atoms with E-state index in [9.17, 15) is 13.6 Å². The Hall–Kier alpha value is -2.57. The number of allylic oxidation sites excluding steroid dienone is 3. The van der Waals surface area contributed by atoms with Gasteiger partial charge in [0.05, 0.1) is 16.1 Å². The van der Waals surface area contributed by atoms with Gasteiger partial charge in [0.25, 0.3) is 11.7 Å². The smallest absolute Gasteiger partial charge is 0.283 e. The van der Waals surface area contributed by atoms with Crippen LogP contribution in [0.5, 0.6) is 11.5 Å². The van der Waals surface area contributed by atoms with Gasteiger partial charge >= 0.3 is 0 Å². The van der Waals surface area contributed by atoms with Gasteiger partial charge in [0.15, 0.2) is 11.5 Å². The van der Waals surface area contributed by atoms with Gasteiger partial charge in [-0.05, 0) is 56.5 Å². The van der Waals surface area contributed by atoms with Crippen molar-refractivity contribution in [3.05, 3.63) is 81.4 Å². The molecule has 2 heterocycles. The second-order valence-corrected chi connectivity index (χ2v) is 8.84. The summed E-state index contributed by atoms with van der Waals surface area (Å²) in [6.07, 6.45) is 7.06. The molecule has 1 unspecified atom stereocenters. The highest BCUT2D eigenvalue weighted by atomic mass is 35.5. The normalized spacial score (nSPS) is 20.5. The largest absolute Gasteiger partial charge is 0.444 e. The first-order valence-corrected chi connectivity index (χ1v) is 11.5. The Kier molecular flexibility index (Phi) is 6.96. The number of ether oxygens (including phenoxy) is 2. The van der Waals surface area contributed by atoms with Crippen molar-refractivity contribution in [2.45, 2.75) is 38.4 Å². The molecule has 2 aromatic rings. The molecule has 0 spiro atoms. The van der Waals surface area contributed by atoms with Crippen LogP contribution < -0.4 is 9.47 Å². The first kappa shape index (κ1) is 23.6. The van der Waals surface area contributed by atoms with Gasteiger partial charge in [-0.3, -0.25) is 4.79 Å². The topological polar surface area (TPSA) is 38.8 Å². The molecule has 2 aromatic carbocycles. The summed E-state index contributed by atoms with van der Waals surface area (Å²) >= 11 is 12.5. The van der Waals surface area contributed by atoms with E-state index in [0.717, 1.165) is 25.3 Å². The number of carbonyl (C=O) groups is 1. The third-order valence-electron chi connectivity index (χ3n) is 5.74. The van der Waals surface area contributed by atoms with E-state index in [1.54, 1.807) is 30.0 Å². The fraction of sp³-hybridized carbons (Fsp3) is 0.320. The summed E-state index contributed by atoms with van der Waals surface area (Å²) in [5, 5.41) is 0.700. The highest BCUT2D eigenvalue weighted by Gasteiger charge is 2.45. The maximum Gasteiger partial charge on any atom is 0.283 e. The minimum Gasteiger partial charge on any atom is -0.444 e. The Morgan fingerprint density at radius 2 is 1.82 bits per heavy atom. The van der Waals surface area contributed by atoms with Gasteiger partial charge in [0.1, 0.15) is 11.6 Å². The zero-order chi connectivity index (χ0) is 23.6. The van der Waals surface area contributed by atoms with Gasteiger partial charge < -0.3 is 14.4 Å². The molecule has 0 aliphatic carbocycles. The lowest BCUT2D eigenvalue weighted by molar-refractivity contribution is -0.0832. The van der Waals surface area contributed by atoms with Crippen molar-refractivity contribution in [1.82, 2.24) is 4.90 Å². The first-order valence-electron chi connectivity index (χ1n) is 10.8. The molecule has 174 valence electrons. The maximum absolute atomic E-state index is 14.9. The number of rotatable bonds is 5. The number of hydrogen-bond acceptors (Lipinski definition) is 3. The van der Waals surface area contributed by atoms with Crippen LogP contribution in [0, 0.1) is 5.82 Å². The summed E-state index contributed by atoms with van der Waals surface area (Å²) in [6.45, 7) is 2.77. The van der Waals surface area contributed by atoms with E-state index in [0.29, 0.717) is 23.7 Å². The lowest BCUT2D eigenvalue weighted by atomic mass is 10.0. The predicted octanol–water partition coefficient (Wildman–Crippen LogP) is 7.20. The molecule has 33 heavy (non-hydrogen) atoms. The van der Waals surface area contributed by atoms with Crippen LogP contribution in [-0.2, 0) is 5.79 Å². The number of likely N-dealkylation sites (tertiary alicyclic amines) is 1. The Labute approximate surface area is 201 Å². The summed E-state index contributed by atoms with van der Waals surface area (Å²) < 4.78 is 40.8. The lowest BCUT2D eigenvalue weighted by Gasteiger charge is -2.28. The van der Waals surface area contributed by atoms with Crippen molar-refractivity contribution in [3.8, 4) is 11.5 Å². The van der Waals surface area contributed by atoms with Crippen molar-refractivity contribution in [2.75, 3.05) is 13.1 Å². The average Bonchev–Trinajstić information content (AvgIpc) is 3.16. The van der Waals surface area contributed by atoms with Crippen molar-refractivity contribution in [1.29, 1.82) is 0 Å². The molecule has 0 bridgehead atoms. The van der Waals surface area contributed by atoms with Gasteiger partial charge in [0, 0.05) is 30.6 Å². The Morgan fingerprint density at radius 3 is 2.48 bits per heavy atom. The minimum absolute atomic E-state index is 0.0708. The lowest BCUT2D eigenvalue weighted by Crippen LogP contribution is -2.36. The number of hydrogen-bond donors (Lipinski definition) is 0. The highest BCUT2D eigenvalue weighted by molar-refractivity contribution is 6.35. The second kappa shape index (κ2) is 9.74. The first-order chi connectivity index (χ1) is 15.8. The van der Waals surface area contributed by atoms with Crippen molar-refractivity contribution in [2.24, 2.45) is 0 Å². The van der Waals surface area contributed by atoms with Crippen molar-refractivity contribution < 1.29 is 23.0 Å². The molecule has 1 saturated heterocycles. The summed E-state index contributed by atoms with van der Waals surface area (Å²) in [4.78, 5) is 14.6. The van der Waals surface area contributed by atoms with Crippen LogP contribution in [-0.4, -0.2) is 23.9 Å². The van der Waals surface area contributed by atoms with Gasteiger partial charge in [-0.25, -0.2) is 8.78 Å². The number of carbonyl (C=O) groups excluding carboxylic acids is 1. The van der Waals surface area contributed by atoms with E-state index in [-0.39, 0.29) is 34.4 Å². The fourth-order valence-corrected chi connectivity index (χ4v) is 4.58. The zero-order valence-electron chi connectivity index (χ0n) is 18.0. The molecule has 0 N–H and O–H groups in total. The van der Waals surface area contributed by atoms with E-state index in [2.05, 4.69) is 0 Å². The standard InChI is InChI=1S/C25H23Cl2F2NO3/c1-2-17(28)7-6-10-25(19-9-8-16(26)13-20(19)27)32-22-14-18(21(29)15-23(22)33-25)24(31)30-11-4-3-5-12-30/h2,6-9,13-15H,3-5,10-12H2,1H3/b7-6-,17-2+. The van der Waals surface area contributed by atoms with Crippen LogP contribution in [0.3, 0.4) is 0 Å². The van der Waals surface area contributed by atoms with E-state index >= 15 is 0 Å². The summed E-state index contributed by atoms with van der Waals surface area (Å²) in [5.74, 6) is -2.63. The molecular formula is C25H23Cl2F2NO3. The Bertz CT molecular complexity index is 1130. The number of nitrogens with zero attached hydrogens (tertiary/aromatic N) is 1. The highest BCUT2D eigenvalue weighted by Crippen LogP contribution is 2.49. The minimum atomic E-state index is -1.48. The third-order valence-corrected chi connectivity index (χ3v) is 6.29. The predicted molar refractivity (Wildman–Crippen MR) is 124 cm³/mol. The van der Waals surface area contributed by atoms with Crippen LogP contribution in [0.15, 0.2) is 54.4 Å². The molecule has 1 atom stereocenters. The molecule has 1 fully saturated rings. The number of benzene rings is 2. The van der Waals surface area contributed by atoms with Crippen LogP contribution in [0.2, 0.25) is 10.0 Å². The van der Waals surface area contributed by atoms with E-state index < -0.39 is 17.4 Å².